The van der Waals surface area contributed by atoms with Crippen molar-refractivity contribution in [1.82, 2.24) is 15.0 Å². The molecular formula is C20H13F3N4. The first kappa shape index (κ1) is 17.0. The second kappa shape index (κ2) is 6.68. The Hall–Kier alpha value is -3.48. The summed E-state index contributed by atoms with van der Waals surface area (Å²) in [4.78, 5) is 12.7. The van der Waals surface area contributed by atoms with Crippen molar-refractivity contribution in [3.05, 3.63) is 78.8 Å². The van der Waals surface area contributed by atoms with Gasteiger partial charge in [-0.05, 0) is 36.4 Å². The minimum Gasteiger partial charge on any atom is -0.340 e. The van der Waals surface area contributed by atoms with Crippen LogP contribution in [0.1, 0.15) is 5.56 Å². The predicted molar refractivity (Wildman–Crippen MR) is 97.5 cm³/mol. The largest absolute Gasteiger partial charge is 0.416 e. The van der Waals surface area contributed by atoms with Gasteiger partial charge >= 0.3 is 6.18 Å². The number of rotatable bonds is 3. The van der Waals surface area contributed by atoms with Gasteiger partial charge in [0.25, 0.3) is 0 Å². The molecule has 0 aliphatic carbocycles. The van der Waals surface area contributed by atoms with Gasteiger partial charge in [-0.2, -0.15) is 13.2 Å². The molecule has 4 aromatic rings. The smallest absolute Gasteiger partial charge is 0.340 e. The fraction of sp³-hybridized carbons (Fsp3) is 0.0500. The number of nitrogens with one attached hydrogen (secondary N) is 1. The zero-order valence-electron chi connectivity index (χ0n) is 13.9. The lowest BCUT2D eigenvalue weighted by molar-refractivity contribution is -0.137. The molecule has 0 amide bonds. The molecule has 0 radical (unpaired) electrons. The van der Waals surface area contributed by atoms with Gasteiger partial charge in [0.2, 0.25) is 0 Å². The number of anilines is 2. The maximum Gasteiger partial charge on any atom is 0.416 e. The van der Waals surface area contributed by atoms with E-state index in [1.807, 2.05) is 30.3 Å². The van der Waals surface area contributed by atoms with Crippen molar-refractivity contribution in [1.29, 1.82) is 0 Å². The SMILES string of the molecule is FC(F)(F)c1ccc(Nc2cc(-c3ccc4cccnc4c3)ncn2)cc1. The number of pyridine rings is 1. The summed E-state index contributed by atoms with van der Waals surface area (Å²) in [6.07, 6.45) is -1.22. The lowest BCUT2D eigenvalue weighted by atomic mass is 10.1. The monoisotopic (exact) mass is 366 g/mol. The summed E-state index contributed by atoms with van der Waals surface area (Å²) in [5.41, 5.74) is 2.23. The lowest BCUT2D eigenvalue weighted by Crippen LogP contribution is -2.04. The summed E-state index contributed by atoms with van der Waals surface area (Å²) in [6.45, 7) is 0. The summed E-state index contributed by atoms with van der Waals surface area (Å²) < 4.78 is 38.0. The van der Waals surface area contributed by atoms with Crippen molar-refractivity contribution >= 4 is 22.4 Å². The van der Waals surface area contributed by atoms with Gasteiger partial charge in [0.15, 0.2) is 0 Å². The van der Waals surface area contributed by atoms with Crippen LogP contribution in [0.2, 0.25) is 0 Å². The fourth-order valence-electron chi connectivity index (χ4n) is 2.70. The van der Waals surface area contributed by atoms with Crippen LogP contribution in [0.4, 0.5) is 24.7 Å². The molecule has 4 rings (SSSR count). The number of aromatic nitrogens is 3. The van der Waals surface area contributed by atoms with Gasteiger partial charge in [-0.3, -0.25) is 4.98 Å². The van der Waals surface area contributed by atoms with Gasteiger partial charge in [0, 0.05) is 28.9 Å². The highest BCUT2D eigenvalue weighted by Gasteiger charge is 2.29. The molecule has 0 saturated carbocycles. The lowest BCUT2D eigenvalue weighted by Gasteiger charge is -2.10. The number of nitrogens with zero attached hydrogens (tertiary/aromatic N) is 3. The number of benzene rings is 2. The second-order valence-electron chi connectivity index (χ2n) is 5.90. The molecular weight excluding hydrogens is 353 g/mol. The molecule has 7 heteroatoms. The molecule has 1 N–H and O–H groups in total. The molecule has 0 bridgehead atoms. The molecule has 2 aromatic heterocycles. The van der Waals surface area contributed by atoms with E-state index < -0.39 is 11.7 Å². The zero-order valence-corrected chi connectivity index (χ0v) is 13.9. The van der Waals surface area contributed by atoms with Crippen LogP contribution in [0.3, 0.4) is 0 Å². The van der Waals surface area contributed by atoms with E-state index in [-0.39, 0.29) is 0 Å². The molecule has 4 nitrogen and oxygen atoms in total. The Bertz CT molecular complexity index is 1090. The van der Waals surface area contributed by atoms with Crippen LogP contribution in [0.5, 0.6) is 0 Å². The predicted octanol–water partition coefficient (Wildman–Crippen LogP) is 5.45. The Morgan fingerprint density at radius 2 is 1.63 bits per heavy atom. The minimum absolute atomic E-state index is 0.487. The van der Waals surface area contributed by atoms with Gasteiger partial charge in [0.1, 0.15) is 12.1 Å². The summed E-state index contributed by atoms with van der Waals surface area (Å²) in [5.74, 6) is 0.487. The van der Waals surface area contributed by atoms with Crippen molar-refractivity contribution in [2.24, 2.45) is 0 Å². The molecule has 0 aliphatic rings. The number of hydrogen-bond donors (Lipinski definition) is 1. The highest BCUT2D eigenvalue weighted by Crippen LogP contribution is 2.30. The summed E-state index contributed by atoms with van der Waals surface area (Å²) >= 11 is 0. The molecule has 0 unspecified atom stereocenters. The number of fused-ring (bicyclic) bond motifs is 1. The summed E-state index contributed by atoms with van der Waals surface area (Å²) in [7, 11) is 0. The first-order chi connectivity index (χ1) is 13.0. The quantitative estimate of drug-likeness (QED) is 0.523. The number of hydrogen-bond acceptors (Lipinski definition) is 4. The van der Waals surface area contributed by atoms with Gasteiger partial charge < -0.3 is 5.32 Å². The molecule has 2 heterocycles. The molecule has 0 aliphatic heterocycles. The number of alkyl halides is 3. The zero-order chi connectivity index (χ0) is 18.9. The van der Waals surface area contributed by atoms with Crippen molar-refractivity contribution in [2.75, 3.05) is 5.32 Å². The molecule has 0 saturated heterocycles. The molecule has 2 aromatic carbocycles. The van der Waals surface area contributed by atoms with Gasteiger partial charge in [0.05, 0.1) is 16.8 Å². The van der Waals surface area contributed by atoms with Crippen LogP contribution in [-0.2, 0) is 6.18 Å². The number of halogens is 3. The Morgan fingerprint density at radius 3 is 2.41 bits per heavy atom. The van der Waals surface area contributed by atoms with E-state index in [4.69, 9.17) is 0 Å². The Kier molecular flexibility index (Phi) is 4.19. The van der Waals surface area contributed by atoms with Gasteiger partial charge in [-0.25, -0.2) is 9.97 Å². The van der Waals surface area contributed by atoms with Gasteiger partial charge in [-0.1, -0.05) is 18.2 Å². The Labute approximate surface area is 152 Å². The maximum absolute atomic E-state index is 12.7. The van der Waals surface area contributed by atoms with Crippen LogP contribution in [0.15, 0.2) is 73.2 Å². The molecule has 134 valence electrons. The summed E-state index contributed by atoms with van der Waals surface area (Å²) in [5, 5.41) is 4.02. The molecule has 27 heavy (non-hydrogen) atoms. The van der Waals surface area contributed by atoms with E-state index in [1.54, 1.807) is 12.3 Å². The highest BCUT2D eigenvalue weighted by molar-refractivity contribution is 5.83. The topological polar surface area (TPSA) is 50.7 Å². The Morgan fingerprint density at radius 1 is 0.815 bits per heavy atom. The minimum atomic E-state index is -4.36. The average Bonchev–Trinajstić information content (AvgIpc) is 2.67. The van der Waals surface area contributed by atoms with E-state index in [9.17, 15) is 13.2 Å². The van der Waals surface area contributed by atoms with Crippen molar-refractivity contribution in [3.63, 3.8) is 0 Å². The van der Waals surface area contributed by atoms with E-state index in [0.29, 0.717) is 17.2 Å². The highest BCUT2D eigenvalue weighted by atomic mass is 19.4. The molecule has 0 fully saturated rings. The molecule has 0 spiro atoms. The van der Waals surface area contributed by atoms with Gasteiger partial charge in [-0.15, -0.1) is 0 Å². The normalized spacial score (nSPS) is 11.5. The standard InChI is InChI=1S/C20H13F3N4/c21-20(22,23)15-5-7-16(8-6-15)27-19-11-18(25-12-26-19)14-4-3-13-2-1-9-24-17(13)10-14/h1-12H,(H,25,26,27). The van der Waals surface area contributed by atoms with Crippen LogP contribution in [-0.4, -0.2) is 15.0 Å². The van der Waals surface area contributed by atoms with Crippen molar-refractivity contribution < 1.29 is 13.2 Å². The van der Waals surface area contributed by atoms with Crippen molar-refractivity contribution in [3.8, 4) is 11.3 Å². The van der Waals surface area contributed by atoms with E-state index >= 15 is 0 Å². The van der Waals surface area contributed by atoms with E-state index in [1.165, 1.54) is 18.5 Å². The fourth-order valence-corrected chi connectivity index (χ4v) is 2.70. The first-order valence-corrected chi connectivity index (χ1v) is 8.10. The second-order valence-corrected chi connectivity index (χ2v) is 5.90. The van der Waals surface area contributed by atoms with Crippen LogP contribution in [0, 0.1) is 0 Å². The first-order valence-electron chi connectivity index (χ1n) is 8.10. The van der Waals surface area contributed by atoms with E-state index in [2.05, 4.69) is 20.3 Å². The third-order valence-corrected chi connectivity index (χ3v) is 4.05. The third kappa shape index (κ3) is 3.72. The third-order valence-electron chi connectivity index (χ3n) is 4.05. The maximum atomic E-state index is 12.7. The van der Waals surface area contributed by atoms with Crippen molar-refractivity contribution in [2.45, 2.75) is 6.18 Å². The summed E-state index contributed by atoms with van der Waals surface area (Å²) in [6, 6.07) is 16.2. The van der Waals surface area contributed by atoms with Crippen LogP contribution < -0.4 is 5.32 Å². The van der Waals surface area contributed by atoms with E-state index in [0.717, 1.165) is 28.6 Å². The molecule has 0 atom stereocenters. The average molecular weight is 366 g/mol. The van der Waals surface area contributed by atoms with Crippen LogP contribution in [0.25, 0.3) is 22.2 Å². The van der Waals surface area contributed by atoms with Crippen LogP contribution >= 0.6 is 0 Å². The Balaban J connectivity index is 1.60.